The lowest BCUT2D eigenvalue weighted by molar-refractivity contribution is 1.11. The highest BCUT2D eigenvalue weighted by Crippen LogP contribution is 2.31. The van der Waals surface area contributed by atoms with E-state index in [1.165, 1.54) is 16.7 Å². The van der Waals surface area contributed by atoms with Crippen molar-refractivity contribution in [1.82, 2.24) is 0 Å². The smallest absolute Gasteiger partial charge is 0.168 e. The molecule has 20 heavy (non-hydrogen) atoms. The van der Waals surface area contributed by atoms with Crippen LogP contribution in [0.5, 0.6) is 0 Å². The van der Waals surface area contributed by atoms with E-state index in [9.17, 15) is 0 Å². The summed E-state index contributed by atoms with van der Waals surface area (Å²) in [6, 6.07) is 22.2. The third-order valence-corrected chi connectivity index (χ3v) is 6.29. The van der Waals surface area contributed by atoms with Gasteiger partial charge in [-0.25, -0.2) is 0 Å². The van der Waals surface area contributed by atoms with Crippen molar-refractivity contribution in [1.29, 1.82) is 0 Å². The van der Waals surface area contributed by atoms with E-state index in [1.54, 1.807) is 0 Å². The molecule has 0 nitrogen and oxygen atoms in total. The van der Waals surface area contributed by atoms with Gasteiger partial charge in [0.2, 0.25) is 0 Å². The highest BCUT2D eigenvalue weighted by molar-refractivity contribution is 7.08. The Labute approximate surface area is 128 Å². The van der Waals surface area contributed by atoms with Crippen molar-refractivity contribution < 1.29 is 0 Å². The zero-order valence-corrected chi connectivity index (χ0v) is 13.8. The molecule has 1 radical (unpaired) electrons. The standard InChI is InChI=1S/C18H20ClSi/c1-15(2)13-14-20(19)18(16-9-5-3-6-10-16)17-11-7-4-8-12-17/h3-13,18H,14H2,1-2H3. The second-order valence-electron chi connectivity index (χ2n) is 5.19. The van der Waals surface area contributed by atoms with Crippen molar-refractivity contribution in [2.75, 3.05) is 0 Å². The minimum absolute atomic E-state index is 0.333. The van der Waals surface area contributed by atoms with E-state index in [-0.39, 0.29) is 0 Å². The van der Waals surface area contributed by atoms with Gasteiger partial charge in [-0.2, -0.15) is 11.1 Å². The van der Waals surface area contributed by atoms with Gasteiger partial charge in [0, 0.05) is 5.54 Å². The van der Waals surface area contributed by atoms with Gasteiger partial charge in [0.15, 0.2) is 8.11 Å². The Bertz CT molecular complexity index is 505. The van der Waals surface area contributed by atoms with Crippen molar-refractivity contribution in [3.63, 3.8) is 0 Å². The Morgan fingerprint density at radius 2 is 1.40 bits per heavy atom. The summed E-state index contributed by atoms with van der Waals surface area (Å²) in [5.74, 6) is 0. The maximum atomic E-state index is 6.82. The molecule has 103 valence electrons. The molecule has 0 bridgehead atoms. The van der Waals surface area contributed by atoms with Crippen LogP contribution in [0.3, 0.4) is 0 Å². The molecule has 0 amide bonds. The van der Waals surface area contributed by atoms with Crippen LogP contribution in [0.1, 0.15) is 30.5 Å². The quantitative estimate of drug-likeness (QED) is 0.385. The molecule has 0 unspecified atom stereocenters. The lowest BCUT2D eigenvalue weighted by Crippen LogP contribution is -2.18. The summed E-state index contributed by atoms with van der Waals surface area (Å²) in [5, 5.41) is 0. The van der Waals surface area contributed by atoms with Gasteiger partial charge in [-0.1, -0.05) is 72.3 Å². The predicted molar refractivity (Wildman–Crippen MR) is 90.6 cm³/mol. The monoisotopic (exact) mass is 299 g/mol. The highest BCUT2D eigenvalue weighted by atomic mass is 35.6. The van der Waals surface area contributed by atoms with Gasteiger partial charge in [0.1, 0.15) is 0 Å². The first kappa shape index (κ1) is 15.1. The number of halogens is 1. The molecule has 0 N–H and O–H groups in total. The van der Waals surface area contributed by atoms with Gasteiger partial charge < -0.3 is 0 Å². The van der Waals surface area contributed by atoms with Gasteiger partial charge in [0.25, 0.3) is 0 Å². The van der Waals surface area contributed by atoms with E-state index in [2.05, 4.69) is 80.6 Å². The molecule has 2 heteroatoms. The van der Waals surface area contributed by atoms with Gasteiger partial charge in [-0.05, 0) is 31.0 Å². The van der Waals surface area contributed by atoms with Crippen molar-refractivity contribution >= 4 is 19.2 Å². The third kappa shape index (κ3) is 4.09. The fourth-order valence-corrected chi connectivity index (χ4v) is 5.20. The summed E-state index contributed by atoms with van der Waals surface area (Å²) < 4.78 is 0. The fraction of sp³-hybridized carbons (Fsp3) is 0.222. The van der Waals surface area contributed by atoms with Crippen LogP contribution < -0.4 is 0 Å². The number of hydrogen-bond donors (Lipinski definition) is 0. The van der Waals surface area contributed by atoms with Crippen molar-refractivity contribution in [2.45, 2.75) is 25.4 Å². The molecule has 2 rings (SSSR count). The average molecular weight is 300 g/mol. The first-order valence-corrected chi connectivity index (χ1v) is 9.72. The zero-order valence-electron chi connectivity index (χ0n) is 12.0. The van der Waals surface area contributed by atoms with E-state index in [0.29, 0.717) is 5.54 Å². The topological polar surface area (TPSA) is 0 Å². The average Bonchev–Trinajstić information content (AvgIpc) is 2.48. The molecule has 0 aliphatic rings. The van der Waals surface area contributed by atoms with Gasteiger partial charge >= 0.3 is 0 Å². The maximum Gasteiger partial charge on any atom is 0.181 e. The van der Waals surface area contributed by atoms with Crippen LogP contribution in [0.25, 0.3) is 0 Å². The van der Waals surface area contributed by atoms with Crippen LogP contribution in [0, 0.1) is 0 Å². The van der Waals surface area contributed by atoms with Crippen LogP contribution in [0.15, 0.2) is 72.3 Å². The lowest BCUT2D eigenvalue weighted by Gasteiger charge is -2.21. The second-order valence-corrected chi connectivity index (χ2v) is 8.52. The summed E-state index contributed by atoms with van der Waals surface area (Å²) in [4.78, 5) is 0. The molecule has 0 atom stereocenters. The van der Waals surface area contributed by atoms with Crippen LogP contribution in [0.4, 0.5) is 0 Å². The second kappa shape index (κ2) is 7.46. The highest BCUT2D eigenvalue weighted by Gasteiger charge is 2.24. The molecule has 2 aromatic carbocycles. The fourth-order valence-electron chi connectivity index (χ4n) is 2.26. The molecule has 0 aliphatic carbocycles. The normalized spacial score (nSPS) is 10.8. The first-order valence-electron chi connectivity index (χ1n) is 6.93. The van der Waals surface area contributed by atoms with Gasteiger partial charge in [0.05, 0.1) is 0 Å². The zero-order chi connectivity index (χ0) is 14.4. The minimum Gasteiger partial charge on any atom is -0.168 e. The number of allylic oxidation sites excluding steroid dienone is 2. The molecule has 0 saturated heterocycles. The van der Waals surface area contributed by atoms with E-state index < -0.39 is 8.11 Å². The molecule has 0 aromatic heterocycles. The molecular formula is C18H20ClSi. The van der Waals surface area contributed by atoms with Gasteiger partial charge in [-0.15, -0.1) is 0 Å². The van der Waals surface area contributed by atoms with E-state index in [4.69, 9.17) is 11.1 Å². The van der Waals surface area contributed by atoms with Crippen molar-refractivity contribution in [3.8, 4) is 0 Å². The molecule has 0 saturated carbocycles. The Hall–Kier alpha value is -1.31. The largest absolute Gasteiger partial charge is 0.181 e. The van der Waals surface area contributed by atoms with Crippen LogP contribution in [-0.2, 0) is 0 Å². The Kier molecular flexibility index (Phi) is 5.63. The first-order chi connectivity index (χ1) is 9.68. The van der Waals surface area contributed by atoms with Crippen LogP contribution in [-0.4, -0.2) is 8.11 Å². The van der Waals surface area contributed by atoms with E-state index >= 15 is 0 Å². The summed E-state index contributed by atoms with van der Waals surface area (Å²) in [6.45, 7) is 4.26. The SMILES string of the molecule is CC(C)=CC[Si](Cl)C(c1ccccc1)c1ccccc1. The van der Waals surface area contributed by atoms with Crippen LogP contribution in [0.2, 0.25) is 6.04 Å². The molecule has 0 spiro atoms. The number of hydrogen-bond acceptors (Lipinski definition) is 0. The maximum absolute atomic E-state index is 6.82. The van der Waals surface area contributed by atoms with E-state index in [0.717, 1.165) is 6.04 Å². The third-order valence-electron chi connectivity index (χ3n) is 3.28. The Morgan fingerprint density at radius 3 is 1.80 bits per heavy atom. The lowest BCUT2D eigenvalue weighted by atomic mass is 10.0. The van der Waals surface area contributed by atoms with Crippen molar-refractivity contribution in [2.24, 2.45) is 0 Å². The van der Waals surface area contributed by atoms with Crippen LogP contribution >= 0.6 is 11.1 Å². The molecule has 0 heterocycles. The summed E-state index contributed by atoms with van der Waals surface area (Å²) in [6.07, 6.45) is 2.26. The van der Waals surface area contributed by atoms with E-state index in [1.807, 2.05) is 0 Å². The molecule has 0 aliphatic heterocycles. The predicted octanol–water partition coefficient (Wildman–Crippen LogP) is 5.55. The summed E-state index contributed by atoms with van der Waals surface area (Å²) in [7, 11) is -1.03. The molecular weight excluding hydrogens is 280 g/mol. The number of rotatable bonds is 5. The minimum atomic E-state index is -1.03. The Balaban J connectivity index is 2.32. The Morgan fingerprint density at radius 1 is 0.950 bits per heavy atom. The van der Waals surface area contributed by atoms with Crippen molar-refractivity contribution in [3.05, 3.63) is 83.4 Å². The molecule has 0 fully saturated rings. The molecule has 2 aromatic rings. The summed E-state index contributed by atoms with van der Waals surface area (Å²) >= 11 is 6.82. The number of benzene rings is 2. The van der Waals surface area contributed by atoms with Gasteiger partial charge in [-0.3, -0.25) is 0 Å². The summed E-state index contributed by atoms with van der Waals surface area (Å²) in [5.41, 5.74) is 4.32.